The number of allylic oxidation sites excluding steroid dienone is 5. The molecule has 40 heteroatoms. The Labute approximate surface area is 721 Å². The van der Waals surface area contributed by atoms with Crippen molar-refractivity contribution in [2.75, 3.05) is 54.9 Å². The molecule has 0 spiro atoms. The van der Waals surface area contributed by atoms with Crippen LogP contribution in [0.1, 0.15) is 181 Å². The van der Waals surface area contributed by atoms with E-state index in [0.717, 1.165) is 6.42 Å². The Hall–Kier alpha value is -9.50. The number of ketones is 1. The average molecular weight is 1770 g/mol. The second kappa shape index (κ2) is 78.4. The van der Waals surface area contributed by atoms with Gasteiger partial charge in [0.2, 0.25) is 17.7 Å². The molecule has 0 bridgehead atoms. The van der Waals surface area contributed by atoms with Gasteiger partial charge in [0.05, 0.1) is 66.8 Å². The van der Waals surface area contributed by atoms with Crippen LogP contribution >= 0.6 is 37.2 Å². The Morgan fingerprint density at radius 2 is 0.647 bits per heavy atom. The number of rotatable bonds is 43. The van der Waals surface area contributed by atoms with Crippen molar-refractivity contribution in [2.24, 2.45) is 35.0 Å². The number of carbonyl (C=O) groups excluding carboxylic acids is 11. The summed E-state index contributed by atoms with van der Waals surface area (Å²) in [5.74, 6) is -8.28. The molecule has 10 atom stereocenters. The summed E-state index contributed by atoms with van der Waals surface area (Å²) in [7, 11) is 5.15. The first-order valence-corrected chi connectivity index (χ1v) is 36.9. The number of hydrogen-bond acceptors (Lipinski definition) is 27. The number of carboxylic acids is 4. The van der Waals surface area contributed by atoms with Crippen molar-refractivity contribution in [3.63, 3.8) is 0 Å². The van der Waals surface area contributed by atoms with Crippen molar-refractivity contribution in [1.82, 2.24) is 31.9 Å². The first-order chi connectivity index (χ1) is 53.5. The summed E-state index contributed by atoms with van der Waals surface area (Å²) in [5.41, 5.74) is 13.9. The predicted octanol–water partition coefficient (Wildman–Crippen LogP) is 8.49. The number of halogens is 3. The molecule has 0 aromatic carbocycles. The minimum Gasteiger partial charge on any atom is -0.481 e. The molecule has 6 amide bonds. The van der Waals surface area contributed by atoms with Gasteiger partial charge in [0, 0.05) is 18.3 Å². The molecule has 0 aliphatic carbocycles. The first-order valence-electron chi connectivity index (χ1n) is 36.9. The van der Waals surface area contributed by atoms with E-state index in [0.29, 0.717) is 57.8 Å². The topological polar surface area (TPSA) is 570 Å². The largest absolute Gasteiger partial charge is 0.481 e. The summed E-state index contributed by atoms with van der Waals surface area (Å²) in [6.45, 7) is 51.4. The Bertz CT molecular complexity index is 2960. The van der Waals surface area contributed by atoms with Gasteiger partial charge in [-0.3, -0.25) is 38.4 Å². The van der Waals surface area contributed by atoms with Gasteiger partial charge in [-0.1, -0.05) is 77.2 Å². The quantitative estimate of drug-likeness (QED) is 0.0118. The molecular formula is C79H142Cl3N9O28. The van der Waals surface area contributed by atoms with Crippen LogP contribution in [0.25, 0.3) is 0 Å². The van der Waals surface area contributed by atoms with Crippen LogP contribution < -0.4 is 49.1 Å². The van der Waals surface area contributed by atoms with Gasteiger partial charge >= 0.3 is 66.0 Å². The van der Waals surface area contributed by atoms with Crippen molar-refractivity contribution in [1.29, 1.82) is 0 Å². The molecule has 0 saturated carbocycles. The number of Topliss-reactive ketones (excluding diaryl/α,β-unsaturated/α-hetero) is 1. The zero-order chi connectivity index (χ0) is 92.3. The molecule has 16 N–H and O–H groups in total. The van der Waals surface area contributed by atoms with Crippen molar-refractivity contribution in [2.45, 2.75) is 253 Å². The van der Waals surface area contributed by atoms with Crippen molar-refractivity contribution >= 4 is 127 Å². The highest BCUT2D eigenvalue weighted by Crippen LogP contribution is 2.13. The zero-order valence-electron chi connectivity index (χ0n) is 73.1. The lowest BCUT2D eigenvalue weighted by Crippen LogP contribution is -2.48. The van der Waals surface area contributed by atoms with Crippen LogP contribution in [0.15, 0.2) is 88.6 Å². The molecular weight excluding hydrogens is 1630 g/mol. The van der Waals surface area contributed by atoms with Gasteiger partial charge in [-0.25, -0.2) is 33.6 Å². The van der Waals surface area contributed by atoms with E-state index in [2.05, 4.69) is 92.2 Å². The standard InChI is InChI=1S/C22H36N2O7.C11H19NO5.C11H19NO3.C10H18N2O3.C8H15NO4.C7H13NO2.C6H11NO2.C4H8O2.3ClH/c1-8-10-11-16(20(27)29-7)23-19(26)15(3)13-18(25)17(14-30-12-9-2)24-21(28)31-22(4,5)6;1-5-6-16-7-8(9(13)14)12-10(15)17-11(2,3)4;1-5-6-7-9(11(14)15-4)12-10(13)8(2)3;1-4-5-6-8(10(14)15-3)12-9(13)7(2)11;1-5(6(10)11)9-7(12)13-8(2,3)4;1-3-4-5-6(8)7(9)10-2;1-2-3-4-5(7)6(8)9;1-3(2)4(5)6;;;/h8-9,15-17H,1-2,10-14H2,3-7H3,(H,23,26)(H,24,28);5,8H,1,6-7H2,2-4H3,(H,12,15)(H,13,14);5,8-9H,1,6-7H2,2-4H3,(H,12,13);4,7-8H,1,5-6,11H2,2-3H3,(H,12,13);5H,1-4H3,(H,9,12)(H,10,11);3,6H,1,4-5,8H2,2H3;2,5H,1,3-4,7H2,(H,8,9);3H,1-2H3,(H,5,6);3*1H/t15-,16+,17+;8-;9-;7-,8-;;6-;5-;;;;/m1000.00..../s1. The summed E-state index contributed by atoms with van der Waals surface area (Å²) in [5, 5.41) is 48.2. The third-order valence-corrected chi connectivity index (χ3v) is 13.2. The van der Waals surface area contributed by atoms with E-state index in [1.807, 2.05) is 0 Å². The second-order valence-corrected chi connectivity index (χ2v) is 28.3. The number of ether oxygens (including phenoxy) is 9. The smallest absolute Gasteiger partial charge is 0.408 e. The Balaban J connectivity index is -0.000000130. The Kier molecular flexibility index (Phi) is 87.5. The van der Waals surface area contributed by atoms with Crippen LogP contribution in [0.3, 0.4) is 0 Å². The number of aliphatic carboxylic acids is 4. The van der Waals surface area contributed by atoms with E-state index in [1.165, 1.54) is 47.5 Å². The van der Waals surface area contributed by atoms with Crippen molar-refractivity contribution in [3.8, 4) is 0 Å². The molecule has 0 rings (SSSR count). The van der Waals surface area contributed by atoms with E-state index in [4.69, 9.17) is 66.0 Å². The molecule has 0 aliphatic heterocycles. The normalized spacial score (nSPS) is 12.5. The third kappa shape index (κ3) is 86.2. The fourth-order valence-corrected chi connectivity index (χ4v) is 6.88. The lowest BCUT2D eigenvalue weighted by Gasteiger charge is -2.24. The number of nitrogens with two attached hydrogens (primary N) is 3. The van der Waals surface area contributed by atoms with Crippen LogP contribution in [0.2, 0.25) is 0 Å². The molecule has 0 aromatic rings. The number of amides is 6. The van der Waals surface area contributed by atoms with Gasteiger partial charge in [-0.15, -0.1) is 83.3 Å². The molecule has 119 heavy (non-hydrogen) atoms. The lowest BCUT2D eigenvalue weighted by atomic mass is 9.99. The average Bonchev–Trinajstić information content (AvgIpc) is 0.885. The third-order valence-electron chi connectivity index (χ3n) is 13.2. The van der Waals surface area contributed by atoms with Gasteiger partial charge < -0.3 is 112 Å². The fraction of sp³-hybridized carbons (Fsp3) is 0.633. The number of methoxy groups -OCH3 is 4. The lowest BCUT2D eigenvalue weighted by molar-refractivity contribution is -0.146. The van der Waals surface area contributed by atoms with Crippen LogP contribution in [-0.4, -0.2) is 236 Å². The summed E-state index contributed by atoms with van der Waals surface area (Å²) >= 11 is 0. The molecule has 1 unspecified atom stereocenters. The molecule has 0 aromatic heterocycles. The van der Waals surface area contributed by atoms with Gasteiger partial charge in [0.25, 0.3) is 0 Å². The highest BCUT2D eigenvalue weighted by atomic mass is 35.5. The van der Waals surface area contributed by atoms with Gasteiger partial charge in [-0.2, -0.15) is 0 Å². The number of carbonyl (C=O) groups is 15. The number of alkyl carbamates (subject to hydrolysis) is 3. The maximum atomic E-state index is 12.7. The SMILES string of the molecule is C=CCC[C@H](N)C(=O)O.C=CCC[C@H](N)C(=O)OC.C=CCC[C@H](NC(=O)C(C)C)C(=O)OC.C=CCC[C@H](NC(=O)[C@H](C)CC(=O)[C@H](COCC=C)NC(=O)OC(C)(C)C)C(=O)OC.C=CCC[C@H](NC(=O)[C@H](C)N)C(=O)OC.C=CCOC[C@H](NC(=O)OC(C)(C)C)C(=O)O.CC(C)C(=O)O.CC(NC(=O)OC(C)(C)C)C(=O)O.Cl.Cl.Cl. The molecule has 37 nitrogen and oxygen atoms in total. The number of hydrogen-bond donors (Lipinski definition) is 13. The monoisotopic (exact) mass is 1770 g/mol. The van der Waals surface area contributed by atoms with Gasteiger partial charge in [0.1, 0.15) is 59.1 Å². The molecule has 0 radical (unpaired) electrons. The maximum absolute atomic E-state index is 12.7. The zero-order valence-corrected chi connectivity index (χ0v) is 75.5. The van der Waals surface area contributed by atoms with Crippen molar-refractivity contribution in [3.05, 3.63) is 88.6 Å². The summed E-state index contributed by atoms with van der Waals surface area (Å²) in [6.07, 6.45) is 14.6. The van der Waals surface area contributed by atoms with Gasteiger partial charge in [0.15, 0.2) is 11.8 Å². The minimum atomic E-state index is -1.18. The van der Waals surface area contributed by atoms with Crippen molar-refractivity contribution < 1.29 is 135 Å². The highest BCUT2D eigenvalue weighted by Gasteiger charge is 2.31. The van der Waals surface area contributed by atoms with Gasteiger partial charge in [-0.05, 0) is 140 Å². The predicted molar refractivity (Wildman–Crippen MR) is 459 cm³/mol. The number of carboxylic acid groups (broad SMARTS) is 4. The van der Waals surface area contributed by atoms with E-state index >= 15 is 0 Å². The molecule has 692 valence electrons. The van der Waals surface area contributed by atoms with E-state index in [9.17, 15) is 71.9 Å². The molecule has 0 saturated heterocycles. The fourth-order valence-electron chi connectivity index (χ4n) is 6.88. The number of esters is 4. The minimum absolute atomic E-state index is 0. The van der Waals surface area contributed by atoms with Crippen LogP contribution in [0.4, 0.5) is 14.4 Å². The molecule has 0 fully saturated rings. The Morgan fingerprint density at radius 1 is 0.353 bits per heavy atom. The van der Waals surface area contributed by atoms with Crippen LogP contribution in [0, 0.1) is 17.8 Å². The van der Waals surface area contributed by atoms with E-state index in [1.54, 1.807) is 134 Å². The summed E-state index contributed by atoms with van der Waals surface area (Å²) in [6, 6.07) is -6.98. The maximum Gasteiger partial charge on any atom is 0.408 e. The van der Waals surface area contributed by atoms with E-state index < -0.39 is 149 Å². The molecule has 0 heterocycles. The highest BCUT2D eigenvalue weighted by molar-refractivity contribution is 5.93. The summed E-state index contributed by atoms with van der Waals surface area (Å²) < 4.78 is 43.5. The summed E-state index contributed by atoms with van der Waals surface area (Å²) in [4.78, 5) is 168. The van der Waals surface area contributed by atoms with Crippen LogP contribution in [-0.2, 0) is 100 Å². The number of nitrogens with one attached hydrogen (secondary N) is 6. The first kappa shape index (κ1) is 133. The molecule has 0 aliphatic rings. The Morgan fingerprint density at radius 3 is 0.916 bits per heavy atom. The van der Waals surface area contributed by atoms with E-state index in [-0.39, 0.29) is 99.7 Å². The second-order valence-electron chi connectivity index (χ2n) is 28.3. The van der Waals surface area contributed by atoms with Crippen LogP contribution in [0.5, 0.6) is 0 Å².